The molecule has 0 aromatic heterocycles. The molecule has 2 aromatic rings. The first-order chi connectivity index (χ1) is 8.61. The second-order valence-electron chi connectivity index (χ2n) is 3.92. The third kappa shape index (κ3) is 2.71. The first-order valence-electron chi connectivity index (χ1n) is 5.46. The van der Waals surface area contributed by atoms with Gasteiger partial charge in [-0.1, -0.05) is 18.2 Å². The van der Waals surface area contributed by atoms with Crippen LogP contribution in [0.4, 0.5) is 8.78 Å². The second kappa shape index (κ2) is 5.50. The van der Waals surface area contributed by atoms with E-state index in [1.54, 1.807) is 11.8 Å². The normalized spacial score (nSPS) is 12.4. The molecular weight excluding hydrogens is 252 g/mol. The number of thioether (sulfide) groups is 1. The molecule has 0 spiro atoms. The van der Waals surface area contributed by atoms with Gasteiger partial charge >= 0.3 is 0 Å². The Labute approximate surface area is 109 Å². The van der Waals surface area contributed by atoms with Gasteiger partial charge in [0.1, 0.15) is 11.6 Å². The van der Waals surface area contributed by atoms with Crippen molar-refractivity contribution in [1.82, 2.24) is 0 Å². The standard InChI is InChI=1S/C14H13F2NS/c1-18-11-4-2-3-9(7-11)14(17)12-6-5-10(15)8-13(12)16/h2-8,14H,17H2,1H3/t14-/m0/s1. The van der Waals surface area contributed by atoms with E-state index < -0.39 is 17.7 Å². The minimum Gasteiger partial charge on any atom is -0.320 e. The molecule has 0 bridgehead atoms. The van der Waals surface area contributed by atoms with E-state index in [0.717, 1.165) is 16.5 Å². The number of benzene rings is 2. The molecular formula is C14H13F2NS. The molecule has 0 aliphatic carbocycles. The fraction of sp³-hybridized carbons (Fsp3) is 0.143. The zero-order valence-corrected chi connectivity index (χ0v) is 10.7. The van der Waals surface area contributed by atoms with Gasteiger partial charge in [-0.3, -0.25) is 0 Å². The minimum absolute atomic E-state index is 0.301. The number of nitrogens with two attached hydrogens (primary N) is 1. The zero-order valence-electron chi connectivity index (χ0n) is 9.86. The van der Waals surface area contributed by atoms with E-state index in [-0.39, 0.29) is 0 Å². The highest BCUT2D eigenvalue weighted by atomic mass is 32.2. The van der Waals surface area contributed by atoms with E-state index in [4.69, 9.17) is 5.73 Å². The molecule has 0 fully saturated rings. The summed E-state index contributed by atoms with van der Waals surface area (Å²) in [5.41, 5.74) is 7.13. The summed E-state index contributed by atoms with van der Waals surface area (Å²) in [6, 6.07) is 10.5. The number of hydrogen-bond donors (Lipinski definition) is 1. The molecule has 2 rings (SSSR count). The lowest BCUT2D eigenvalue weighted by atomic mass is 9.99. The van der Waals surface area contributed by atoms with Crippen LogP contribution in [0, 0.1) is 11.6 Å². The molecule has 0 saturated carbocycles. The Morgan fingerprint density at radius 3 is 2.56 bits per heavy atom. The van der Waals surface area contributed by atoms with Crippen LogP contribution in [0.2, 0.25) is 0 Å². The third-order valence-corrected chi connectivity index (χ3v) is 3.48. The van der Waals surface area contributed by atoms with Gasteiger partial charge in [0, 0.05) is 16.5 Å². The smallest absolute Gasteiger partial charge is 0.131 e. The summed E-state index contributed by atoms with van der Waals surface area (Å²) in [7, 11) is 0. The van der Waals surface area contributed by atoms with Gasteiger partial charge in [0.05, 0.1) is 6.04 Å². The molecule has 0 heterocycles. The Morgan fingerprint density at radius 2 is 1.89 bits per heavy atom. The quantitative estimate of drug-likeness (QED) is 0.856. The number of rotatable bonds is 3. The van der Waals surface area contributed by atoms with Gasteiger partial charge in [-0.05, 0) is 30.0 Å². The maximum Gasteiger partial charge on any atom is 0.131 e. The van der Waals surface area contributed by atoms with Gasteiger partial charge in [0.15, 0.2) is 0 Å². The van der Waals surface area contributed by atoms with E-state index >= 15 is 0 Å². The maximum absolute atomic E-state index is 13.6. The first kappa shape index (κ1) is 13.1. The van der Waals surface area contributed by atoms with E-state index in [9.17, 15) is 8.78 Å². The minimum atomic E-state index is -0.614. The van der Waals surface area contributed by atoms with Crippen molar-refractivity contribution in [3.63, 3.8) is 0 Å². The highest BCUT2D eigenvalue weighted by molar-refractivity contribution is 7.98. The summed E-state index contributed by atoms with van der Waals surface area (Å²) in [6.45, 7) is 0. The Kier molecular flexibility index (Phi) is 3.99. The van der Waals surface area contributed by atoms with Crippen LogP contribution in [0.1, 0.15) is 17.2 Å². The largest absolute Gasteiger partial charge is 0.320 e. The molecule has 0 aliphatic heterocycles. The fourth-order valence-electron chi connectivity index (χ4n) is 1.77. The molecule has 0 amide bonds. The fourth-order valence-corrected chi connectivity index (χ4v) is 2.24. The van der Waals surface area contributed by atoms with Crippen molar-refractivity contribution in [1.29, 1.82) is 0 Å². The Morgan fingerprint density at radius 1 is 1.11 bits per heavy atom. The molecule has 1 atom stereocenters. The summed E-state index contributed by atoms with van der Waals surface area (Å²) in [5, 5.41) is 0. The lowest BCUT2D eigenvalue weighted by molar-refractivity contribution is 0.566. The van der Waals surface area contributed by atoms with E-state index in [1.165, 1.54) is 12.1 Å². The Balaban J connectivity index is 2.37. The van der Waals surface area contributed by atoms with Crippen LogP contribution >= 0.6 is 11.8 Å². The van der Waals surface area contributed by atoms with Crippen molar-refractivity contribution < 1.29 is 8.78 Å². The summed E-state index contributed by atoms with van der Waals surface area (Å²) >= 11 is 1.59. The maximum atomic E-state index is 13.6. The highest BCUT2D eigenvalue weighted by Crippen LogP contribution is 2.25. The molecule has 0 aliphatic rings. The predicted molar refractivity (Wildman–Crippen MR) is 70.6 cm³/mol. The van der Waals surface area contributed by atoms with Crippen molar-refractivity contribution in [3.8, 4) is 0 Å². The van der Waals surface area contributed by atoms with Crippen LogP contribution in [-0.4, -0.2) is 6.26 Å². The van der Waals surface area contributed by atoms with Crippen molar-refractivity contribution in [2.24, 2.45) is 5.73 Å². The molecule has 1 nitrogen and oxygen atoms in total. The average molecular weight is 265 g/mol. The molecule has 18 heavy (non-hydrogen) atoms. The Bertz CT molecular complexity index is 557. The SMILES string of the molecule is CSc1cccc([C@H](N)c2ccc(F)cc2F)c1. The van der Waals surface area contributed by atoms with Crippen LogP contribution in [0.5, 0.6) is 0 Å². The number of halogens is 2. The monoisotopic (exact) mass is 265 g/mol. The third-order valence-electron chi connectivity index (χ3n) is 2.75. The van der Waals surface area contributed by atoms with Crippen LogP contribution in [0.3, 0.4) is 0 Å². The van der Waals surface area contributed by atoms with Crippen molar-refractivity contribution >= 4 is 11.8 Å². The van der Waals surface area contributed by atoms with Crippen molar-refractivity contribution in [2.45, 2.75) is 10.9 Å². The highest BCUT2D eigenvalue weighted by Gasteiger charge is 2.14. The van der Waals surface area contributed by atoms with E-state index in [1.807, 2.05) is 30.5 Å². The zero-order chi connectivity index (χ0) is 13.1. The van der Waals surface area contributed by atoms with E-state index in [0.29, 0.717) is 5.56 Å². The van der Waals surface area contributed by atoms with Crippen LogP contribution < -0.4 is 5.73 Å². The molecule has 0 unspecified atom stereocenters. The lowest BCUT2D eigenvalue weighted by Gasteiger charge is -2.14. The van der Waals surface area contributed by atoms with Crippen molar-refractivity contribution in [3.05, 3.63) is 65.2 Å². The molecule has 2 N–H and O–H groups in total. The predicted octanol–water partition coefficient (Wildman–Crippen LogP) is 3.73. The van der Waals surface area contributed by atoms with Gasteiger partial charge < -0.3 is 5.73 Å². The van der Waals surface area contributed by atoms with Gasteiger partial charge in [-0.2, -0.15) is 0 Å². The molecule has 2 aromatic carbocycles. The van der Waals surface area contributed by atoms with Crippen molar-refractivity contribution in [2.75, 3.05) is 6.26 Å². The second-order valence-corrected chi connectivity index (χ2v) is 4.80. The molecule has 0 radical (unpaired) electrons. The Hall–Kier alpha value is -1.39. The number of hydrogen-bond acceptors (Lipinski definition) is 2. The average Bonchev–Trinajstić information content (AvgIpc) is 2.38. The summed E-state index contributed by atoms with van der Waals surface area (Å²) in [4.78, 5) is 1.06. The van der Waals surface area contributed by atoms with Crippen LogP contribution in [-0.2, 0) is 0 Å². The van der Waals surface area contributed by atoms with Crippen LogP contribution in [0.25, 0.3) is 0 Å². The van der Waals surface area contributed by atoms with E-state index in [2.05, 4.69) is 0 Å². The van der Waals surface area contributed by atoms with Gasteiger partial charge in [-0.25, -0.2) is 8.78 Å². The summed E-state index contributed by atoms with van der Waals surface area (Å²) in [6.07, 6.45) is 1.96. The van der Waals surface area contributed by atoms with Gasteiger partial charge in [-0.15, -0.1) is 11.8 Å². The topological polar surface area (TPSA) is 26.0 Å². The van der Waals surface area contributed by atoms with Crippen LogP contribution in [0.15, 0.2) is 47.4 Å². The van der Waals surface area contributed by atoms with Gasteiger partial charge in [0.25, 0.3) is 0 Å². The molecule has 4 heteroatoms. The summed E-state index contributed by atoms with van der Waals surface area (Å²) < 4.78 is 26.5. The lowest BCUT2D eigenvalue weighted by Crippen LogP contribution is -2.13. The summed E-state index contributed by atoms with van der Waals surface area (Å²) in [5.74, 6) is -1.21. The first-order valence-corrected chi connectivity index (χ1v) is 6.69. The molecule has 94 valence electrons. The van der Waals surface area contributed by atoms with Gasteiger partial charge in [0.2, 0.25) is 0 Å². The molecule has 0 saturated heterocycles.